The third kappa shape index (κ3) is 6.68. The van der Waals surface area contributed by atoms with E-state index < -0.39 is 35.2 Å². The third-order valence-corrected chi connectivity index (χ3v) is 3.72. The standard InChI is InChI=1S/C17H12F2N4O2.C2HF3O2/c18-12-2-1-11(14(19)7-12)9-21-16(24)13-8-15(22-23-17(13)25)10-3-5-20-6-4-10;3-2(4,5)1(6)7/h1-8H,9H2,(H,21,24)(H,23,25);(H,6,7). The molecule has 13 heteroatoms. The second-order valence-electron chi connectivity index (χ2n) is 5.95. The molecule has 0 spiro atoms. The van der Waals surface area contributed by atoms with E-state index >= 15 is 0 Å². The van der Waals surface area contributed by atoms with Crippen LogP contribution in [0, 0.1) is 11.6 Å². The van der Waals surface area contributed by atoms with Crippen LogP contribution in [-0.2, 0) is 11.3 Å². The topological polar surface area (TPSA) is 125 Å². The fraction of sp³-hybridized carbons (Fsp3) is 0.105. The van der Waals surface area contributed by atoms with E-state index in [4.69, 9.17) is 9.90 Å². The van der Waals surface area contributed by atoms with Gasteiger partial charge in [0.15, 0.2) is 0 Å². The zero-order chi connectivity index (χ0) is 23.9. The van der Waals surface area contributed by atoms with Crippen LogP contribution in [0.2, 0.25) is 0 Å². The van der Waals surface area contributed by atoms with E-state index in [0.29, 0.717) is 11.3 Å². The molecule has 0 bridgehead atoms. The van der Waals surface area contributed by atoms with Crippen LogP contribution in [0.15, 0.2) is 53.6 Å². The molecule has 0 unspecified atom stereocenters. The number of carbonyl (C=O) groups excluding carboxylic acids is 1. The Morgan fingerprint density at radius 1 is 1.06 bits per heavy atom. The Morgan fingerprint density at radius 2 is 1.69 bits per heavy atom. The lowest BCUT2D eigenvalue weighted by Gasteiger charge is -2.07. The van der Waals surface area contributed by atoms with Gasteiger partial charge < -0.3 is 10.4 Å². The zero-order valence-corrected chi connectivity index (χ0v) is 15.8. The van der Waals surface area contributed by atoms with Crippen LogP contribution in [0.1, 0.15) is 15.9 Å². The van der Waals surface area contributed by atoms with Crippen molar-refractivity contribution in [1.82, 2.24) is 20.5 Å². The minimum Gasteiger partial charge on any atom is -0.475 e. The first-order chi connectivity index (χ1) is 15.0. The summed E-state index contributed by atoms with van der Waals surface area (Å²) in [5, 5.41) is 15.7. The lowest BCUT2D eigenvalue weighted by Crippen LogP contribution is -2.30. The number of carboxylic acid groups (broad SMARTS) is 1. The van der Waals surface area contributed by atoms with Gasteiger partial charge >= 0.3 is 12.1 Å². The summed E-state index contributed by atoms with van der Waals surface area (Å²) in [5.41, 5.74) is 0.332. The SMILES string of the molecule is O=C(NCc1ccc(F)cc1F)c1cc(-c2ccncc2)n[nH]c1=O.O=C(O)C(F)(F)F. The Labute approximate surface area is 175 Å². The van der Waals surface area contributed by atoms with Crippen molar-refractivity contribution in [2.75, 3.05) is 0 Å². The van der Waals surface area contributed by atoms with E-state index in [-0.39, 0.29) is 17.7 Å². The quantitative estimate of drug-likeness (QED) is 0.519. The molecule has 0 aliphatic rings. The normalized spacial score (nSPS) is 10.7. The monoisotopic (exact) mass is 456 g/mol. The Hall–Kier alpha value is -4.16. The molecule has 168 valence electrons. The molecular weight excluding hydrogens is 443 g/mol. The second-order valence-corrected chi connectivity index (χ2v) is 5.95. The summed E-state index contributed by atoms with van der Waals surface area (Å²) in [6.45, 7) is -0.183. The summed E-state index contributed by atoms with van der Waals surface area (Å²) in [5.74, 6) is -4.93. The molecule has 0 atom stereocenters. The van der Waals surface area contributed by atoms with Crippen molar-refractivity contribution in [3.05, 3.63) is 81.9 Å². The molecule has 0 saturated carbocycles. The number of aromatic amines is 1. The average molecular weight is 456 g/mol. The number of hydrogen-bond donors (Lipinski definition) is 3. The molecule has 1 aromatic carbocycles. The number of aliphatic carboxylic acids is 1. The van der Waals surface area contributed by atoms with E-state index in [1.807, 2.05) is 0 Å². The molecular formula is C19H13F5N4O4. The van der Waals surface area contributed by atoms with Crippen LogP contribution in [0.3, 0.4) is 0 Å². The molecule has 1 amide bonds. The van der Waals surface area contributed by atoms with Gasteiger partial charge in [0.05, 0.1) is 5.69 Å². The van der Waals surface area contributed by atoms with E-state index in [0.717, 1.165) is 12.1 Å². The first-order valence-corrected chi connectivity index (χ1v) is 8.51. The highest BCUT2D eigenvalue weighted by Gasteiger charge is 2.38. The smallest absolute Gasteiger partial charge is 0.475 e. The maximum absolute atomic E-state index is 13.6. The number of amides is 1. The number of rotatable bonds is 4. The van der Waals surface area contributed by atoms with Gasteiger partial charge in [0.2, 0.25) is 0 Å². The van der Waals surface area contributed by atoms with Gasteiger partial charge in [0, 0.05) is 36.1 Å². The van der Waals surface area contributed by atoms with Crippen LogP contribution >= 0.6 is 0 Å². The summed E-state index contributed by atoms with van der Waals surface area (Å²) < 4.78 is 58.2. The number of carbonyl (C=O) groups is 2. The highest BCUT2D eigenvalue weighted by molar-refractivity contribution is 5.94. The number of benzene rings is 1. The molecule has 0 aliphatic carbocycles. The van der Waals surface area contributed by atoms with Crippen molar-refractivity contribution in [3.8, 4) is 11.3 Å². The van der Waals surface area contributed by atoms with Gasteiger partial charge in [-0.2, -0.15) is 18.3 Å². The van der Waals surface area contributed by atoms with E-state index in [1.165, 1.54) is 12.1 Å². The van der Waals surface area contributed by atoms with Crippen molar-refractivity contribution in [1.29, 1.82) is 0 Å². The lowest BCUT2D eigenvalue weighted by atomic mass is 10.1. The van der Waals surface area contributed by atoms with E-state index in [2.05, 4.69) is 20.5 Å². The zero-order valence-electron chi connectivity index (χ0n) is 15.8. The fourth-order valence-corrected chi connectivity index (χ4v) is 2.18. The Bertz CT molecular complexity index is 1170. The Kier molecular flexibility index (Phi) is 7.71. The molecule has 3 aromatic rings. The minimum absolute atomic E-state index is 0.106. The van der Waals surface area contributed by atoms with Crippen molar-refractivity contribution in [3.63, 3.8) is 0 Å². The summed E-state index contributed by atoms with van der Waals surface area (Å²) >= 11 is 0. The molecule has 3 rings (SSSR count). The number of H-pyrrole nitrogens is 1. The van der Waals surface area contributed by atoms with Gasteiger partial charge in [-0.1, -0.05) is 6.07 Å². The fourth-order valence-electron chi connectivity index (χ4n) is 2.18. The number of aromatic nitrogens is 3. The van der Waals surface area contributed by atoms with E-state index in [1.54, 1.807) is 24.5 Å². The first kappa shape index (κ1) is 24.1. The summed E-state index contributed by atoms with van der Waals surface area (Å²) in [7, 11) is 0. The molecule has 2 heterocycles. The second kappa shape index (κ2) is 10.2. The molecule has 8 nitrogen and oxygen atoms in total. The highest BCUT2D eigenvalue weighted by Crippen LogP contribution is 2.15. The van der Waals surface area contributed by atoms with Gasteiger partial charge in [-0.25, -0.2) is 18.7 Å². The van der Waals surface area contributed by atoms with Crippen molar-refractivity contribution in [2.45, 2.75) is 12.7 Å². The maximum Gasteiger partial charge on any atom is 0.490 e. The van der Waals surface area contributed by atoms with E-state index in [9.17, 15) is 31.5 Å². The molecule has 32 heavy (non-hydrogen) atoms. The van der Waals surface area contributed by atoms with Crippen LogP contribution in [0.4, 0.5) is 22.0 Å². The predicted octanol–water partition coefficient (Wildman–Crippen LogP) is 2.67. The number of nitrogens with zero attached hydrogens (tertiary/aromatic N) is 2. The van der Waals surface area contributed by atoms with Crippen molar-refractivity contribution < 1.29 is 36.6 Å². The number of alkyl halides is 3. The van der Waals surface area contributed by atoms with Gasteiger partial charge in [-0.3, -0.25) is 14.6 Å². The molecule has 0 fully saturated rings. The van der Waals surface area contributed by atoms with Crippen LogP contribution in [0.25, 0.3) is 11.3 Å². The van der Waals surface area contributed by atoms with Gasteiger partial charge in [0.25, 0.3) is 11.5 Å². The molecule has 2 aromatic heterocycles. The molecule has 0 saturated heterocycles. The predicted molar refractivity (Wildman–Crippen MR) is 99.3 cm³/mol. The van der Waals surface area contributed by atoms with Crippen molar-refractivity contribution in [2.24, 2.45) is 0 Å². The molecule has 3 N–H and O–H groups in total. The van der Waals surface area contributed by atoms with Gasteiger partial charge in [0.1, 0.15) is 17.2 Å². The largest absolute Gasteiger partial charge is 0.490 e. The lowest BCUT2D eigenvalue weighted by molar-refractivity contribution is -0.192. The van der Waals surface area contributed by atoms with Gasteiger partial charge in [-0.15, -0.1) is 0 Å². The van der Waals surface area contributed by atoms with Crippen LogP contribution in [0.5, 0.6) is 0 Å². The summed E-state index contributed by atoms with van der Waals surface area (Å²) in [4.78, 5) is 36.9. The number of carboxylic acids is 1. The maximum atomic E-state index is 13.6. The Morgan fingerprint density at radius 3 is 2.25 bits per heavy atom. The number of nitrogens with one attached hydrogen (secondary N) is 2. The average Bonchev–Trinajstić information content (AvgIpc) is 2.73. The molecule has 0 aliphatic heterocycles. The Balaban J connectivity index is 0.000000451. The summed E-state index contributed by atoms with van der Waals surface area (Å²) in [6, 6.07) is 7.73. The van der Waals surface area contributed by atoms with Crippen LogP contribution in [-0.4, -0.2) is 38.3 Å². The summed E-state index contributed by atoms with van der Waals surface area (Å²) in [6.07, 6.45) is -1.97. The number of halogens is 5. The van der Waals surface area contributed by atoms with Gasteiger partial charge in [-0.05, 0) is 24.3 Å². The van der Waals surface area contributed by atoms with Crippen molar-refractivity contribution >= 4 is 11.9 Å². The minimum atomic E-state index is -5.08. The highest BCUT2D eigenvalue weighted by atomic mass is 19.4. The third-order valence-electron chi connectivity index (χ3n) is 3.72. The first-order valence-electron chi connectivity index (χ1n) is 8.51. The number of pyridine rings is 1. The number of hydrogen-bond acceptors (Lipinski definition) is 5. The van der Waals surface area contributed by atoms with Crippen LogP contribution < -0.4 is 10.9 Å². The molecule has 0 radical (unpaired) electrons.